The summed E-state index contributed by atoms with van der Waals surface area (Å²) >= 11 is 0. The summed E-state index contributed by atoms with van der Waals surface area (Å²) in [6.45, 7) is 0.462. The number of hydrogen-bond donors (Lipinski definition) is 2. The molecule has 2 N–H and O–H groups in total. The summed E-state index contributed by atoms with van der Waals surface area (Å²) in [5.74, 6) is 0. The maximum absolute atomic E-state index is 11.0. The highest BCUT2D eigenvalue weighted by atomic mass is 16.6. The first kappa shape index (κ1) is 15.1. The lowest BCUT2D eigenvalue weighted by Crippen LogP contribution is -2.26. The molecular formula is C14H17N3O4. The average Bonchev–Trinajstić information content (AvgIpc) is 2.47. The summed E-state index contributed by atoms with van der Waals surface area (Å²) in [4.78, 5) is 14.7. The Hall–Kier alpha value is -2.25. The summed E-state index contributed by atoms with van der Waals surface area (Å²) in [7, 11) is 1.58. The minimum Gasteiger partial charge on any atom is -0.396 e. The Labute approximate surface area is 121 Å². The monoisotopic (exact) mass is 291 g/mol. The van der Waals surface area contributed by atoms with Crippen LogP contribution < -0.4 is 5.32 Å². The van der Waals surface area contributed by atoms with Gasteiger partial charge in [-0.15, -0.1) is 0 Å². The van der Waals surface area contributed by atoms with Gasteiger partial charge in [-0.3, -0.25) is 10.1 Å². The maximum atomic E-state index is 11.0. The van der Waals surface area contributed by atoms with Gasteiger partial charge >= 0.3 is 0 Å². The van der Waals surface area contributed by atoms with Crippen LogP contribution in [0.2, 0.25) is 0 Å². The van der Waals surface area contributed by atoms with Gasteiger partial charge in [-0.2, -0.15) is 0 Å². The highest BCUT2D eigenvalue weighted by molar-refractivity contribution is 5.96. The number of non-ortho nitro benzene ring substituents is 1. The molecule has 1 aromatic heterocycles. The fraction of sp³-hybridized carbons (Fsp3) is 0.357. The molecule has 0 radical (unpaired) electrons. The minimum absolute atomic E-state index is 0.0263. The van der Waals surface area contributed by atoms with Crippen molar-refractivity contribution < 1.29 is 14.8 Å². The molecule has 1 aromatic carbocycles. The molecule has 0 saturated carbocycles. The number of fused-ring (bicyclic) bond motifs is 1. The molecule has 0 saturated heterocycles. The summed E-state index contributed by atoms with van der Waals surface area (Å²) in [5, 5.41) is 24.0. The molecule has 0 bridgehead atoms. The highest BCUT2D eigenvalue weighted by Gasteiger charge is 2.17. The van der Waals surface area contributed by atoms with E-state index in [9.17, 15) is 10.1 Å². The van der Waals surface area contributed by atoms with E-state index < -0.39 is 4.92 Å². The van der Waals surface area contributed by atoms with E-state index in [1.165, 1.54) is 12.3 Å². The summed E-state index contributed by atoms with van der Waals surface area (Å²) < 4.78 is 5.11. The van der Waals surface area contributed by atoms with Crippen molar-refractivity contribution in [2.24, 2.45) is 0 Å². The number of nitro benzene ring substituents is 1. The Kier molecular flexibility index (Phi) is 5.02. The molecule has 112 valence electrons. The smallest absolute Gasteiger partial charge is 0.295 e. The van der Waals surface area contributed by atoms with Crippen LogP contribution in [0.15, 0.2) is 30.5 Å². The number of nitrogens with one attached hydrogen (secondary N) is 1. The SMILES string of the molecule is COCC(CCO)Nc1ccc([N+](=O)[O-])c2ncccc12. The average molecular weight is 291 g/mol. The van der Waals surface area contributed by atoms with Crippen LogP contribution in [-0.2, 0) is 4.74 Å². The van der Waals surface area contributed by atoms with E-state index in [1.54, 1.807) is 25.3 Å². The number of rotatable bonds is 7. The standard InChI is InChI=1S/C14H17N3O4/c1-21-9-10(6-8-18)16-12-4-5-13(17(19)20)14-11(12)3-2-7-15-14/h2-5,7,10,16,18H,6,8-9H2,1H3. The van der Waals surface area contributed by atoms with Crippen molar-refractivity contribution in [1.82, 2.24) is 4.98 Å². The third kappa shape index (κ3) is 3.45. The van der Waals surface area contributed by atoms with Gasteiger partial charge in [0.1, 0.15) is 5.52 Å². The molecule has 0 fully saturated rings. The van der Waals surface area contributed by atoms with E-state index in [1.807, 2.05) is 0 Å². The van der Waals surface area contributed by atoms with Crippen LogP contribution in [0, 0.1) is 10.1 Å². The lowest BCUT2D eigenvalue weighted by atomic mass is 10.1. The number of methoxy groups -OCH3 is 1. The zero-order valence-corrected chi connectivity index (χ0v) is 11.7. The van der Waals surface area contributed by atoms with E-state index in [4.69, 9.17) is 9.84 Å². The lowest BCUT2D eigenvalue weighted by Gasteiger charge is -2.19. The van der Waals surface area contributed by atoms with Gasteiger partial charge < -0.3 is 15.2 Å². The number of nitrogens with zero attached hydrogens (tertiary/aromatic N) is 2. The quantitative estimate of drug-likeness (QED) is 0.597. The Morgan fingerprint density at radius 2 is 2.29 bits per heavy atom. The fourth-order valence-corrected chi connectivity index (χ4v) is 2.21. The van der Waals surface area contributed by atoms with Gasteiger partial charge in [-0.1, -0.05) is 0 Å². The molecule has 2 rings (SSSR count). The minimum atomic E-state index is -0.445. The van der Waals surface area contributed by atoms with Gasteiger partial charge in [-0.25, -0.2) is 4.98 Å². The second-order valence-corrected chi connectivity index (χ2v) is 4.60. The first-order valence-corrected chi connectivity index (χ1v) is 6.55. The van der Waals surface area contributed by atoms with Crippen LogP contribution in [-0.4, -0.2) is 41.4 Å². The van der Waals surface area contributed by atoms with Crippen LogP contribution in [0.25, 0.3) is 10.9 Å². The van der Waals surface area contributed by atoms with Gasteiger partial charge in [-0.05, 0) is 24.6 Å². The maximum Gasteiger partial charge on any atom is 0.295 e. The predicted octanol–water partition coefficient (Wildman–Crippen LogP) is 1.95. The van der Waals surface area contributed by atoms with Crippen LogP contribution in [0.3, 0.4) is 0 Å². The van der Waals surface area contributed by atoms with Crippen LogP contribution in [0.1, 0.15) is 6.42 Å². The predicted molar refractivity (Wildman–Crippen MR) is 79.4 cm³/mol. The van der Waals surface area contributed by atoms with Crippen molar-refractivity contribution in [2.45, 2.75) is 12.5 Å². The topological polar surface area (TPSA) is 97.5 Å². The zero-order chi connectivity index (χ0) is 15.2. The molecule has 0 aliphatic carbocycles. The molecule has 21 heavy (non-hydrogen) atoms. The second-order valence-electron chi connectivity index (χ2n) is 4.60. The van der Waals surface area contributed by atoms with Gasteiger partial charge in [0.2, 0.25) is 0 Å². The van der Waals surface area contributed by atoms with Gasteiger partial charge in [0.25, 0.3) is 5.69 Å². The third-order valence-electron chi connectivity index (χ3n) is 3.15. The summed E-state index contributed by atoms with van der Waals surface area (Å²) in [5.41, 5.74) is 1.05. The number of hydrogen-bond acceptors (Lipinski definition) is 6. The molecule has 0 amide bonds. The molecule has 1 atom stereocenters. The molecule has 2 aromatic rings. The van der Waals surface area contributed by atoms with Crippen molar-refractivity contribution in [3.05, 3.63) is 40.6 Å². The third-order valence-corrected chi connectivity index (χ3v) is 3.15. The number of nitro groups is 1. The van der Waals surface area contributed by atoms with Crippen molar-refractivity contribution >= 4 is 22.3 Å². The Morgan fingerprint density at radius 1 is 1.48 bits per heavy atom. The molecule has 7 nitrogen and oxygen atoms in total. The van der Waals surface area contributed by atoms with Gasteiger partial charge in [0.15, 0.2) is 0 Å². The normalized spacial score (nSPS) is 12.3. The number of pyridine rings is 1. The number of ether oxygens (including phenoxy) is 1. The Balaban J connectivity index is 2.40. The van der Waals surface area contributed by atoms with Crippen molar-refractivity contribution in [3.63, 3.8) is 0 Å². The Bertz CT molecular complexity index is 627. The van der Waals surface area contributed by atoms with Crippen LogP contribution in [0.5, 0.6) is 0 Å². The second kappa shape index (κ2) is 6.96. The van der Waals surface area contributed by atoms with Crippen molar-refractivity contribution in [3.8, 4) is 0 Å². The molecule has 1 unspecified atom stereocenters. The highest BCUT2D eigenvalue weighted by Crippen LogP contribution is 2.30. The number of anilines is 1. The summed E-state index contributed by atoms with van der Waals surface area (Å²) in [6, 6.07) is 6.52. The zero-order valence-electron chi connectivity index (χ0n) is 11.7. The molecule has 0 spiro atoms. The Morgan fingerprint density at radius 3 is 2.95 bits per heavy atom. The number of benzene rings is 1. The van der Waals surface area contributed by atoms with Crippen molar-refractivity contribution in [2.75, 3.05) is 25.6 Å². The molecule has 1 heterocycles. The first-order chi connectivity index (χ1) is 10.2. The largest absolute Gasteiger partial charge is 0.396 e. The van der Waals surface area contributed by atoms with Crippen LogP contribution in [0.4, 0.5) is 11.4 Å². The van der Waals surface area contributed by atoms with E-state index in [2.05, 4.69) is 10.3 Å². The van der Waals surface area contributed by atoms with E-state index >= 15 is 0 Å². The van der Waals surface area contributed by atoms with Gasteiger partial charge in [0.05, 0.1) is 17.6 Å². The number of aliphatic hydroxyl groups is 1. The van der Waals surface area contributed by atoms with Crippen LogP contribution >= 0.6 is 0 Å². The van der Waals surface area contributed by atoms with Gasteiger partial charge in [0, 0.05) is 37.1 Å². The van der Waals surface area contributed by atoms with E-state index in [0.717, 1.165) is 5.69 Å². The molecular weight excluding hydrogens is 274 g/mol. The molecule has 7 heteroatoms. The number of aliphatic hydroxyl groups excluding tert-OH is 1. The lowest BCUT2D eigenvalue weighted by molar-refractivity contribution is -0.383. The van der Waals surface area contributed by atoms with E-state index in [-0.39, 0.29) is 18.3 Å². The van der Waals surface area contributed by atoms with E-state index in [0.29, 0.717) is 23.9 Å². The van der Waals surface area contributed by atoms with Crippen molar-refractivity contribution in [1.29, 1.82) is 0 Å². The first-order valence-electron chi connectivity index (χ1n) is 6.55. The molecule has 0 aliphatic heterocycles. The fourth-order valence-electron chi connectivity index (χ4n) is 2.21. The number of aromatic nitrogens is 1. The summed E-state index contributed by atoms with van der Waals surface area (Å²) in [6.07, 6.45) is 2.05. The molecule has 0 aliphatic rings.